The number of nitrogens with zero attached hydrogens (tertiary/aromatic N) is 6. The second-order valence-electron chi connectivity index (χ2n) is 9.58. The lowest BCUT2D eigenvalue weighted by Crippen LogP contribution is -2.48. The summed E-state index contributed by atoms with van der Waals surface area (Å²) < 4.78 is 0. The average Bonchev–Trinajstić information content (AvgIpc) is 3.69. The molecule has 1 aromatic carbocycles. The molecule has 2 fully saturated rings. The van der Waals surface area contributed by atoms with Crippen LogP contribution >= 0.6 is 11.8 Å². The van der Waals surface area contributed by atoms with Gasteiger partial charge in [0.25, 0.3) is 0 Å². The number of aromatic nitrogens is 5. The highest BCUT2D eigenvalue weighted by Gasteiger charge is 2.34. The van der Waals surface area contributed by atoms with Crippen LogP contribution in [-0.4, -0.2) is 73.1 Å². The number of pyridine rings is 1. The van der Waals surface area contributed by atoms with E-state index < -0.39 is 0 Å². The van der Waals surface area contributed by atoms with Crippen molar-refractivity contribution in [3.63, 3.8) is 0 Å². The molecule has 3 aromatic heterocycles. The largest absolute Gasteiger partial charge is 0.342 e. The average molecular weight is 500 g/mol. The third-order valence-electron chi connectivity index (χ3n) is 6.92. The SMILES string of the molecule is CSc1ncc(-c2ccc3nc(Cc4cc(CN5CCN(C(=O)C6CC6)CC5)ccn4)[nH]c3c2)cn1. The first kappa shape index (κ1) is 23.1. The predicted molar refractivity (Wildman–Crippen MR) is 141 cm³/mol. The van der Waals surface area contributed by atoms with Crippen molar-refractivity contribution >= 4 is 28.7 Å². The molecule has 0 spiro atoms. The van der Waals surface area contributed by atoms with Crippen LogP contribution in [0.15, 0.2) is 54.1 Å². The molecule has 0 atom stereocenters. The zero-order valence-corrected chi connectivity index (χ0v) is 21.2. The Morgan fingerprint density at radius 2 is 1.83 bits per heavy atom. The van der Waals surface area contributed by atoms with Crippen molar-refractivity contribution < 1.29 is 4.79 Å². The minimum absolute atomic E-state index is 0.310. The van der Waals surface area contributed by atoms with E-state index in [2.05, 4.69) is 49.1 Å². The van der Waals surface area contributed by atoms with Crippen LogP contribution in [0.5, 0.6) is 0 Å². The van der Waals surface area contributed by atoms with Crippen LogP contribution in [0.4, 0.5) is 0 Å². The van der Waals surface area contributed by atoms with E-state index in [9.17, 15) is 4.79 Å². The van der Waals surface area contributed by atoms with Crippen LogP contribution in [-0.2, 0) is 17.8 Å². The Morgan fingerprint density at radius 1 is 1.03 bits per heavy atom. The van der Waals surface area contributed by atoms with Crippen molar-refractivity contribution in [3.05, 3.63) is 66.0 Å². The highest BCUT2D eigenvalue weighted by molar-refractivity contribution is 7.98. The minimum Gasteiger partial charge on any atom is -0.342 e. The molecule has 6 rings (SSSR count). The first-order valence-corrected chi connectivity index (χ1v) is 13.7. The third-order valence-corrected chi connectivity index (χ3v) is 7.50. The first-order chi connectivity index (χ1) is 17.6. The Kier molecular flexibility index (Phi) is 6.41. The number of hydrogen-bond donors (Lipinski definition) is 1. The molecular weight excluding hydrogens is 470 g/mol. The summed E-state index contributed by atoms with van der Waals surface area (Å²) in [6.45, 7) is 4.40. The van der Waals surface area contributed by atoms with E-state index in [1.54, 1.807) is 0 Å². The molecule has 184 valence electrons. The smallest absolute Gasteiger partial charge is 0.225 e. The maximum absolute atomic E-state index is 12.3. The van der Waals surface area contributed by atoms with E-state index in [-0.39, 0.29) is 0 Å². The van der Waals surface area contributed by atoms with Crippen LogP contribution in [0, 0.1) is 5.92 Å². The summed E-state index contributed by atoms with van der Waals surface area (Å²) in [6.07, 6.45) is 10.4. The van der Waals surface area contributed by atoms with Crippen molar-refractivity contribution in [1.29, 1.82) is 0 Å². The van der Waals surface area contributed by atoms with Crippen LogP contribution in [0.3, 0.4) is 0 Å². The number of benzene rings is 1. The molecular formula is C27H29N7OS. The van der Waals surface area contributed by atoms with Gasteiger partial charge in [-0.25, -0.2) is 15.0 Å². The zero-order valence-electron chi connectivity index (χ0n) is 20.4. The number of rotatable bonds is 7. The number of aromatic amines is 1. The van der Waals surface area contributed by atoms with E-state index in [0.717, 1.165) is 84.4 Å². The maximum Gasteiger partial charge on any atom is 0.225 e. The van der Waals surface area contributed by atoms with Crippen molar-refractivity contribution in [3.8, 4) is 11.1 Å². The number of amides is 1. The van der Waals surface area contributed by atoms with E-state index in [1.807, 2.05) is 35.8 Å². The molecule has 4 heterocycles. The van der Waals surface area contributed by atoms with Gasteiger partial charge >= 0.3 is 0 Å². The third kappa shape index (κ3) is 5.12. The number of imidazole rings is 1. The molecule has 36 heavy (non-hydrogen) atoms. The Morgan fingerprint density at radius 3 is 2.58 bits per heavy atom. The van der Waals surface area contributed by atoms with Crippen LogP contribution in [0.25, 0.3) is 22.2 Å². The molecule has 2 aliphatic rings. The highest BCUT2D eigenvalue weighted by Crippen LogP contribution is 2.31. The molecule has 1 aliphatic carbocycles. The fourth-order valence-corrected chi connectivity index (χ4v) is 5.08. The van der Waals surface area contributed by atoms with E-state index >= 15 is 0 Å². The molecule has 1 aliphatic heterocycles. The van der Waals surface area contributed by atoms with Crippen molar-refractivity contribution in [2.75, 3.05) is 32.4 Å². The van der Waals surface area contributed by atoms with Gasteiger partial charge in [0.15, 0.2) is 5.16 Å². The molecule has 8 nitrogen and oxygen atoms in total. The zero-order chi connectivity index (χ0) is 24.5. The van der Waals surface area contributed by atoms with Gasteiger partial charge in [0, 0.05) is 74.9 Å². The van der Waals surface area contributed by atoms with Crippen molar-refractivity contribution in [2.45, 2.75) is 31.0 Å². The van der Waals surface area contributed by atoms with E-state index in [0.29, 0.717) is 18.2 Å². The van der Waals surface area contributed by atoms with Gasteiger partial charge in [-0.15, -0.1) is 0 Å². The van der Waals surface area contributed by atoms with Gasteiger partial charge in [-0.2, -0.15) is 0 Å². The Bertz CT molecular complexity index is 1370. The lowest BCUT2D eigenvalue weighted by Gasteiger charge is -2.35. The number of carbonyl (C=O) groups excluding carboxylic acids is 1. The topological polar surface area (TPSA) is 90.9 Å². The Hall–Kier alpha value is -3.30. The molecule has 1 N–H and O–H groups in total. The normalized spacial score (nSPS) is 16.5. The molecule has 0 radical (unpaired) electrons. The molecule has 1 amide bonds. The molecule has 1 saturated heterocycles. The van der Waals surface area contributed by atoms with Gasteiger partial charge < -0.3 is 9.88 Å². The summed E-state index contributed by atoms with van der Waals surface area (Å²) in [5.41, 5.74) is 6.21. The van der Waals surface area contributed by atoms with E-state index in [1.165, 1.54) is 17.3 Å². The fourth-order valence-electron chi connectivity index (χ4n) is 4.76. The number of thioether (sulfide) groups is 1. The molecule has 0 unspecified atom stereocenters. The maximum atomic E-state index is 12.3. The van der Waals surface area contributed by atoms with Crippen molar-refractivity contribution in [2.24, 2.45) is 5.92 Å². The number of piperazine rings is 1. The molecule has 4 aromatic rings. The van der Waals surface area contributed by atoms with Gasteiger partial charge in [-0.3, -0.25) is 14.7 Å². The van der Waals surface area contributed by atoms with Crippen LogP contribution in [0.1, 0.15) is 29.9 Å². The Balaban J connectivity index is 1.10. The molecule has 1 saturated carbocycles. The van der Waals surface area contributed by atoms with Gasteiger partial charge in [-0.05, 0) is 54.5 Å². The summed E-state index contributed by atoms with van der Waals surface area (Å²) in [5, 5.41) is 0.768. The second kappa shape index (κ2) is 9.99. The summed E-state index contributed by atoms with van der Waals surface area (Å²) >= 11 is 1.53. The summed E-state index contributed by atoms with van der Waals surface area (Å²) in [5.74, 6) is 1.57. The number of H-pyrrole nitrogens is 1. The molecule has 0 bridgehead atoms. The predicted octanol–water partition coefficient (Wildman–Crippen LogP) is 3.78. The number of fused-ring (bicyclic) bond motifs is 1. The quantitative estimate of drug-likeness (QED) is 0.306. The Labute approximate surface area is 214 Å². The van der Waals surface area contributed by atoms with Crippen molar-refractivity contribution in [1.82, 2.24) is 34.7 Å². The van der Waals surface area contributed by atoms with Crippen LogP contribution < -0.4 is 0 Å². The van der Waals surface area contributed by atoms with Gasteiger partial charge in [0.2, 0.25) is 5.91 Å². The van der Waals surface area contributed by atoms with Gasteiger partial charge in [-0.1, -0.05) is 17.8 Å². The molecule has 9 heteroatoms. The minimum atomic E-state index is 0.310. The standard InChI is InChI=1S/C27H29N7OS/c1-36-27-29-15-21(16-30-27)20-4-5-23-24(13-20)32-25(31-23)14-22-12-18(6-7-28-22)17-33-8-10-34(11-9-33)26(35)19-2-3-19/h4-7,12-13,15-16,19H,2-3,8-11,14,17H2,1H3,(H,31,32). The van der Waals surface area contributed by atoms with Gasteiger partial charge in [0.05, 0.1) is 11.0 Å². The lowest BCUT2D eigenvalue weighted by atomic mass is 10.1. The monoisotopic (exact) mass is 499 g/mol. The summed E-state index contributed by atoms with van der Waals surface area (Å²) in [7, 11) is 0. The summed E-state index contributed by atoms with van der Waals surface area (Å²) in [6, 6.07) is 10.4. The number of hydrogen-bond acceptors (Lipinski definition) is 7. The second-order valence-corrected chi connectivity index (χ2v) is 10.4. The highest BCUT2D eigenvalue weighted by atomic mass is 32.2. The first-order valence-electron chi connectivity index (χ1n) is 12.4. The van der Waals surface area contributed by atoms with Gasteiger partial charge in [0.1, 0.15) is 5.82 Å². The number of carbonyl (C=O) groups is 1. The lowest BCUT2D eigenvalue weighted by molar-refractivity contribution is -0.134. The summed E-state index contributed by atoms with van der Waals surface area (Å²) in [4.78, 5) is 38.4. The fraction of sp³-hybridized carbons (Fsp3) is 0.370. The van der Waals surface area contributed by atoms with Crippen LogP contribution in [0.2, 0.25) is 0 Å². The number of nitrogens with one attached hydrogen (secondary N) is 1. The van der Waals surface area contributed by atoms with E-state index in [4.69, 9.17) is 4.98 Å².